The molecule has 0 aliphatic carbocycles. The van der Waals surface area contributed by atoms with E-state index in [1.54, 1.807) is 4.90 Å². The van der Waals surface area contributed by atoms with E-state index in [0.29, 0.717) is 25.9 Å². The molecular formula is C13H26N2O3. The molecule has 18 heavy (non-hydrogen) atoms. The fourth-order valence-electron chi connectivity index (χ4n) is 2.17. The third-order valence-corrected chi connectivity index (χ3v) is 3.02. The minimum atomic E-state index is -0.403. The number of hydrogen-bond acceptors (Lipinski definition) is 4. The van der Waals surface area contributed by atoms with Crippen LogP contribution in [0.1, 0.15) is 40.5 Å². The lowest BCUT2D eigenvalue weighted by Crippen LogP contribution is -2.55. The molecule has 1 rings (SSSR count). The zero-order chi connectivity index (χ0) is 14.0. The molecule has 5 heteroatoms. The Morgan fingerprint density at radius 1 is 1.56 bits per heavy atom. The fourth-order valence-corrected chi connectivity index (χ4v) is 2.17. The van der Waals surface area contributed by atoms with Crippen molar-refractivity contribution >= 4 is 5.91 Å². The van der Waals surface area contributed by atoms with Gasteiger partial charge in [0.1, 0.15) is 0 Å². The fraction of sp³-hybridized carbons (Fsp3) is 0.923. The Balaban J connectivity index is 2.56. The Kier molecular flexibility index (Phi) is 4.75. The molecule has 1 aliphatic heterocycles. The molecule has 1 saturated heterocycles. The molecule has 5 nitrogen and oxygen atoms in total. The third-order valence-electron chi connectivity index (χ3n) is 3.02. The van der Waals surface area contributed by atoms with Crippen molar-refractivity contribution in [2.75, 3.05) is 19.7 Å². The molecule has 0 saturated carbocycles. The molecule has 106 valence electrons. The number of hydrogen-bond donors (Lipinski definition) is 2. The predicted octanol–water partition coefficient (Wildman–Crippen LogP) is 0.502. The smallest absolute Gasteiger partial charge is 0.222 e. The first-order chi connectivity index (χ1) is 8.13. The number of nitrogens with zero attached hydrogens (tertiary/aromatic N) is 1. The Bertz CT molecular complexity index is 297. The van der Waals surface area contributed by atoms with Gasteiger partial charge in [0, 0.05) is 25.0 Å². The number of aliphatic hydroxyl groups is 1. The molecule has 0 aromatic rings. The molecule has 0 spiro atoms. The third kappa shape index (κ3) is 4.92. The summed E-state index contributed by atoms with van der Waals surface area (Å²) in [5.41, 5.74) is 5.16. The number of nitrogens with two attached hydrogens (primary N) is 1. The van der Waals surface area contributed by atoms with Gasteiger partial charge in [0.05, 0.1) is 18.3 Å². The van der Waals surface area contributed by atoms with Crippen molar-refractivity contribution in [3.8, 4) is 0 Å². The van der Waals surface area contributed by atoms with Crippen LogP contribution < -0.4 is 5.73 Å². The summed E-state index contributed by atoms with van der Waals surface area (Å²) >= 11 is 0. The SMILES string of the molecule is CC(C)(N)CCC(=O)N1CC(CO)OC(C)(C)C1. The first kappa shape index (κ1) is 15.4. The second-order valence-corrected chi connectivity index (χ2v) is 6.44. The van der Waals surface area contributed by atoms with Crippen molar-refractivity contribution in [1.82, 2.24) is 4.90 Å². The highest BCUT2D eigenvalue weighted by atomic mass is 16.5. The van der Waals surface area contributed by atoms with E-state index in [9.17, 15) is 9.90 Å². The van der Waals surface area contributed by atoms with Gasteiger partial charge in [-0.05, 0) is 34.1 Å². The molecule has 1 amide bonds. The van der Waals surface area contributed by atoms with Gasteiger partial charge in [-0.25, -0.2) is 0 Å². The lowest BCUT2D eigenvalue weighted by Gasteiger charge is -2.42. The van der Waals surface area contributed by atoms with Crippen LogP contribution in [0.2, 0.25) is 0 Å². The highest BCUT2D eigenvalue weighted by Crippen LogP contribution is 2.22. The van der Waals surface area contributed by atoms with Gasteiger partial charge >= 0.3 is 0 Å². The number of morpholine rings is 1. The second kappa shape index (κ2) is 5.55. The molecule has 1 aliphatic rings. The summed E-state index contributed by atoms with van der Waals surface area (Å²) in [5, 5.41) is 9.20. The minimum absolute atomic E-state index is 0.0599. The maximum atomic E-state index is 12.1. The summed E-state index contributed by atoms with van der Waals surface area (Å²) in [4.78, 5) is 13.9. The Morgan fingerprint density at radius 3 is 2.67 bits per heavy atom. The molecule has 0 aromatic carbocycles. The first-order valence-corrected chi connectivity index (χ1v) is 6.48. The van der Waals surface area contributed by atoms with E-state index in [-0.39, 0.29) is 24.2 Å². The minimum Gasteiger partial charge on any atom is -0.394 e. The number of rotatable bonds is 4. The summed E-state index contributed by atoms with van der Waals surface area (Å²) in [6, 6.07) is 0. The number of aliphatic hydroxyl groups excluding tert-OH is 1. The van der Waals surface area contributed by atoms with Crippen molar-refractivity contribution in [3.63, 3.8) is 0 Å². The van der Waals surface area contributed by atoms with Gasteiger partial charge in [-0.2, -0.15) is 0 Å². The van der Waals surface area contributed by atoms with Crippen LogP contribution >= 0.6 is 0 Å². The predicted molar refractivity (Wildman–Crippen MR) is 70.1 cm³/mol. The summed E-state index contributed by atoms with van der Waals surface area (Å²) in [6.07, 6.45) is 0.814. The van der Waals surface area contributed by atoms with Crippen molar-refractivity contribution < 1.29 is 14.6 Å². The second-order valence-electron chi connectivity index (χ2n) is 6.44. The summed E-state index contributed by atoms with van der Waals surface area (Å²) < 4.78 is 5.68. The van der Waals surface area contributed by atoms with Gasteiger partial charge in [-0.15, -0.1) is 0 Å². The van der Waals surface area contributed by atoms with Crippen molar-refractivity contribution in [3.05, 3.63) is 0 Å². The van der Waals surface area contributed by atoms with Crippen molar-refractivity contribution in [2.24, 2.45) is 5.73 Å². The first-order valence-electron chi connectivity index (χ1n) is 6.48. The number of ether oxygens (including phenoxy) is 1. The number of carbonyl (C=O) groups is 1. The maximum Gasteiger partial charge on any atom is 0.222 e. The van der Waals surface area contributed by atoms with Crippen LogP contribution in [0, 0.1) is 0 Å². The molecule has 1 atom stereocenters. The van der Waals surface area contributed by atoms with Crippen molar-refractivity contribution in [2.45, 2.75) is 57.8 Å². The van der Waals surface area contributed by atoms with Crippen LogP contribution in [-0.2, 0) is 9.53 Å². The average molecular weight is 258 g/mol. The molecule has 3 N–H and O–H groups in total. The van der Waals surface area contributed by atoms with Crippen LogP contribution in [0.4, 0.5) is 0 Å². The highest BCUT2D eigenvalue weighted by Gasteiger charge is 2.35. The quantitative estimate of drug-likeness (QED) is 0.770. The van der Waals surface area contributed by atoms with Gasteiger partial charge < -0.3 is 20.5 Å². The average Bonchev–Trinajstić information content (AvgIpc) is 2.22. The molecule has 0 radical (unpaired) electrons. The number of amides is 1. The Hall–Kier alpha value is -0.650. The van der Waals surface area contributed by atoms with Crippen LogP contribution in [0.15, 0.2) is 0 Å². The maximum absolute atomic E-state index is 12.1. The molecule has 1 heterocycles. The van der Waals surface area contributed by atoms with E-state index in [1.165, 1.54) is 0 Å². The van der Waals surface area contributed by atoms with Crippen LogP contribution in [-0.4, -0.2) is 52.9 Å². The van der Waals surface area contributed by atoms with E-state index >= 15 is 0 Å². The monoisotopic (exact) mass is 258 g/mol. The lowest BCUT2D eigenvalue weighted by molar-refractivity contribution is -0.167. The molecule has 1 unspecified atom stereocenters. The zero-order valence-corrected chi connectivity index (χ0v) is 11.9. The van der Waals surface area contributed by atoms with Gasteiger partial charge in [0.15, 0.2) is 0 Å². The normalized spacial score (nSPS) is 24.1. The molecule has 0 bridgehead atoms. The van der Waals surface area contributed by atoms with E-state index in [2.05, 4.69) is 0 Å². The van der Waals surface area contributed by atoms with Crippen LogP contribution in [0.5, 0.6) is 0 Å². The molecular weight excluding hydrogens is 232 g/mol. The topological polar surface area (TPSA) is 75.8 Å². The van der Waals surface area contributed by atoms with E-state index in [0.717, 1.165) is 0 Å². The van der Waals surface area contributed by atoms with E-state index in [4.69, 9.17) is 10.5 Å². The van der Waals surface area contributed by atoms with Crippen LogP contribution in [0.3, 0.4) is 0 Å². The molecule has 0 aromatic heterocycles. The summed E-state index contributed by atoms with van der Waals surface area (Å²) in [6.45, 7) is 8.66. The Morgan fingerprint density at radius 2 is 2.17 bits per heavy atom. The van der Waals surface area contributed by atoms with E-state index < -0.39 is 5.60 Å². The number of carbonyl (C=O) groups excluding carboxylic acids is 1. The standard InChI is InChI=1S/C13H26N2O3/c1-12(2,14)6-5-11(17)15-7-10(8-16)18-13(3,4)9-15/h10,16H,5-9,14H2,1-4H3. The summed E-state index contributed by atoms with van der Waals surface area (Å²) in [5.74, 6) is 0.0864. The van der Waals surface area contributed by atoms with Gasteiger partial charge in [-0.3, -0.25) is 4.79 Å². The zero-order valence-electron chi connectivity index (χ0n) is 11.9. The highest BCUT2D eigenvalue weighted by molar-refractivity contribution is 5.76. The van der Waals surface area contributed by atoms with E-state index in [1.807, 2.05) is 27.7 Å². The summed E-state index contributed by atoms with van der Waals surface area (Å²) in [7, 11) is 0. The van der Waals surface area contributed by atoms with Crippen LogP contribution in [0.25, 0.3) is 0 Å². The van der Waals surface area contributed by atoms with Gasteiger partial charge in [0.2, 0.25) is 5.91 Å². The van der Waals surface area contributed by atoms with Gasteiger partial charge in [-0.1, -0.05) is 0 Å². The Labute approximate surface area is 109 Å². The van der Waals surface area contributed by atoms with Gasteiger partial charge in [0.25, 0.3) is 0 Å². The van der Waals surface area contributed by atoms with Crippen molar-refractivity contribution in [1.29, 1.82) is 0 Å². The lowest BCUT2D eigenvalue weighted by atomic mass is 9.98. The molecule has 1 fully saturated rings. The largest absolute Gasteiger partial charge is 0.394 e.